The number of piperidine rings is 1. The number of amides is 1. The SMILES string of the molecule is CN1C2CCC1CC(N1CC(CN=[N+]=[N-])CC1=O)C2. The van der Waals surface area contributed by atoms with Crippen molar-refractivity contribution in [3.63, 3.8) is 0 Å². The Kier molecular flexibility index (Phi) is 3.37. The molecular weight excluding hydrogens is 242 g/mol. The van der Waals surface area contributed by atoms with Crippen molar-refractivity contribution in [3.05, 3.63) is 10.4 Å². The Hall–Kier alpha value is -1.26. The van der Waals surface area contributed by atoms with Crippen molar-refractivity contribution in [3.8, 4) is 0 Å². The number of azide groups is 1. The standard InChI is InChI=1S/C13H21N5O/c1-17-10-2-3-11(17)6-12(5-10)18-8-9(4-13(18)19)7-15-16-14/h9-12H,2-8H2,1H3. The molecule has 3 aliphatic heterocycles. The van der Waals surface area contributed by atoms with Gasteiger partial charge in [0, 0.05) is 42.5 Å². The summed E-state index contributed by atoms with van der Waals surface area (Å²) in [6, 6.07) is 1.73. The van der Waals surface area contributed by atoms with Gasteiger partial charge in [0.1, 0.15) is 0 Å². The van der Waals surface area contributed by atoms with Gasteiger partial charge in [0.15, 0.2) is 0 Å². The van der Waals surface area contributed by atoms with Crippen LogP contribution < -0.4 is 0 Å². The van der Waals surface area contributed by atoms with Crippen molar-refractivity contribution >= 4 is 5.91 Å². The number of carbonyl (C=O) groups is 1. The fraction of sp³-hybridized carbons (Fsp3) is 0.923. The molecule has 0 aromatic carbocycles. The minimum absolute atomic E-state index is 0.223. The Morgan fingerprint density at radius 3 is 2.63 bits per heavy atom. The molecule has 3 heterocycles. The average molecular weight is 263 g/mol. The van der Waals surface area contributed by atoms with Crippen molar-refractivity contribution in [1.82, 2.24) is 9.80 Å². The fourth-order valence-electron chi connectivity index (χ4n) is 4.07. The number of hydrogen-bond donors (Lipinski definition) is 0. The summed E-state index contributed by atoms with van der Waals surface area (Å²) in [6.07, 6.45) is 5.35. The molecule has 3 atom stereocenters. The first kappa shape index (κ1) is 12.8. The number of hydrogen-bond acceptors (Lipinski definition) is 3. The maximum Gasteiger partial charge on any atom is 0.223 e. The molecule has 1 amide bonds. The Morgan fingerprint density at radius 1 is 1.32 bits per heavy atom. The number of fused-ring (bicyclic) bond motifs is 2. The van der Waals surface area contributed by atoms with Gasteiger partial charge in [0.25, 0.3) is 0 Å². The molecule has 0 aliphatic carbocycles. The van der Waals surface area contributed by atoms with E-state index in [0.29, 0.717) is 31.1 Å². The smallest absolute Gasteiger partial charge is 0.223 e. The highest BCUT2D eigenvalue weighted by Crippen LogP contribution is 2.38. The van der Waals surface area contributed by atoms with E-state index in [0.717, 1.165) is 19.4 Å². The van der Waals surface area contributed by atoms with Crippen LogP contribution in [-0.2, 0) is 4.79 Å². The highest BCUT2D eigenvalue weighted by atomic mass is 16.2. The van der Waals surface area contributed by atoms with Crippen LogP contribution in [0, 0.1) is 5.92 Å². The molecule has 6 heteroatoms. The van der Waals surface area contributed by atoms with Crippen molar-refractivity contribution < 1.29 is 4.79 Å². The van der Waals surface area contributed by atoms with Gasteiger partial charge in [-0.3, -0.25) is 4.79 Å². The van der Waals surface area contributed by atoms with Crippen molar-refractivity contribution in [2.75, 3.05) is 20.1 Å². The Bertz CT molecular complexity index is 405. The van der Waals surface area contributed by atoms with Gasteiger partial charge >= 0.3 is 0 Å². The summed E-state index contributed by atoms with van der Waals surface area (Å²) in [6.45, 7) is 1.24. The lowest BCUT2D eigenvalue weighted by atomic mass is 9.96. The number of likely N-dealkylation sites (tertiary alicyclic amines) is 1. The summed E-state index contributed by atoms with van der Waals surface area (Å²) in [5, 5.41) is 3.62. The third kappa shape index (κ3) is 2.30. The van der Waals surface area contributed by atoms with Crippen LogP contribution in [0.1, 0.15) is 32.1 Å². The molecule has 0 N–H and O–H groups in total. The van der Waals surface area contributed by atoms with E-state index in [4.69, 9.17) is 5.53 Å². The van der Waals surface area contributed by atoms with Crippen molar-refractivity contribution in [1.29, 1.82) is 0 Å². The molecule has 2 bridgehead atoms. The maximum absolute atomic E-state index is 12.1. The molecule has 6 nitrogen and oxygen atoms in total. The largest absolute Gasteiger partial charge is 0.339 e. The molecule has 3 unspecified atom stereocenters. The molecule has 0 aromatic rings. The first-order valence-corrected chi connectivity index (χ1v) is 7.21. The summed E-state index contributed by atoms with van der Waals surface area (Å²) >= 11 is 0. The second-order valence-electron chi connectivity index (χ2n) is 6.21. The highest BCUT2D eigenvalue weighted by Gasteiger charge is 2.43. The zero-order valence-corrected chi connectivity index (χ0v) is 11.4. The van der Waals surface area contributed by atoms with Crippen LogP contribution in [0.25, 0.3) is 10.4 Å². The van der Waals surface area contributed by atoms with Crippen molar-refractivity contribution in [2.45, 2.75) is 50.2 Å². The van der Waals surface area contributed by atoms with Gasteiger partial charge < -0.3 is 9.80 Å². The molecule has 3 aliphatic rings. The normalized spacial score (nSPS) is 38.6. The van der Waals surface area contributed by atoms with E-state index in [1.165, 1.54) is 12.8 Å². The van der Waals surface area contributed by atoms with Gasteiger partial charge in [0.2, 0.25) is 5.91 Å². The molecule has 3 saturated heterocycles. The van der Waals surface area contributed by atoms with Crippen LogP contribution in [-0.4, -0.2) is 54.0 Å². The van der Waals surface area contributed by atoms with Gasteiger partial charge in [-0.1, -0.05) is 5.11 Å². The summed E-state index contributed by atoms with van der Waals surface area (Å²) in [7, 11) is 2.22. The van der Waals surface area contributed by atoms with Crippen LogP contribution in [0.15, 0.2) is 5.11 Å². The molecule has 0 aromatic heterocycles. The van der Waals surface area contributed by atoms with Gasteiger partial charge in [-0.2, -0.15) is 0 Å². The predicted molar refractivity (Wildman–Crippen MR) is 71.4 cm³/mol. The third-order valence-corrected chi connectivity index (χ3v) is 5.16. The van der Waals surface area contributed by atoms with E-state index in [9.17, 15) is 4.79 Å². The van der Waals surface area contributed by atoms with E-state index in [2.05, 4.69) is 26.9 Å². The quantitative estimate of drug-likeness (QED) is 0.442. The highest BCUT2D eigenvalue weighted by molar-refractivity contribution is 5.79. The average Bonchev–Trinajstić information content (AvgIpc) is 2.84. The van der Waals surface area contributed by atoms with E-state index < -0.39 is 0 Å². The van der Waals surface area contributed by atoms with Crippen molar-refractivity contribution in [2.24, 2.45) is 11.0 Å². The molecule has 104 valence electrons. The summed E-state index contributed by atoms with van der Waals surface area (Å²) < 4.78 is 0. The van der Waals surface area contributed by atoms with Gasteiger partial charge in [-0.25, -0.2) is 0 Å². The zero-order valence-electron chi connectivity index (χ0n) is 11.4. The first-order chi connectivity index (χ1) is 9.19. The number of rotatable bonds is 3. The molecule has 0 radical (unpaired) electrons. The molecule has 0 spiro atoms. The van der Waals surface area contributed by atoms with Crippen LogP contribution in [0.5, 0.6) is 0 Å². The molecule has 0 saturated carbocycles. The molecular formula is C13H21N5O. The Morgan fingerprint density at radius 2 is 2.00 bits per heavy atom. The van der Waals surface area contributed by atoms with Gasteiger partial charge in [0.05, 0.1) is 0 Å². The summed E-state index contributed by atoms with van der Waals surface area (Å²) in [5.41, 5.74) is 8.37. The molecule has 3 rings (SSSR count). The first-order valence-electron chi connectivity index (χ1n) is 7.21. The number of nitrogens with zero attached hydrogens (tertiary/aromatic N) is 5. The third-order valence-electron chi connectivity index (χ3n) is 5.16. The van der Waals surface area contributed by atoms with E-state index in [1.807, 2.05) is 0 Å². The van der Waals surface area contributed by atoms with Crippen LogP contribution in [0.2, 0.25) is 0 Å². The molecule has 3 fully saturated rings. The fourth-order valence-corrected chi connectivity index (χ4v) is 4.07. The zero-order chi connectivity index (χ0) is 13.4. The minimum atomic E-state index is 0.223. The second-order valence-corrected chi connectivity index (χ2v) is 6.21. The Labute approximate surface area is 113 Å². The minimum Gasteiger partial charge on any atom is -0.339 e. The van der Waals surface area contributed by atoms with E-state index in [1.54, 1.807) is 0 Å². The molecule has 19 heavy (non-hydrogen) atoms. The van der Waals surface area contributed by atoms with Gasteiger partial charge in [-0.05, 0) is 44.2 Å². The second kappa shape index (κ2) is 5.02. The van der Waals surface area contributed by atoms with E-state index >= 15 is 0 Å². The summed E-state index contributed by atoms with van der Waals surface area (Å²) in [4.78, 5) is 19.5. The lowest BCUT2D eigenvalue weighted by Gasteiger charge is -2.40. The predicted octanol–water partition coefficient (Wildman–Crippen LogP) is 1.77. The lowest BCUT2D eigenvalue weighted by molar-refractivity contribution is -0.130. The monoisotopic (exact) mass is 263 g/mol. The van der Waals surface area contributed by atoms with Crippen LogP contribution in [0.4, 0.5) is 0 Å². The lowest BCUT2D eigenvalue weighted by Crippen LogP contribution is -2.49. The van der Waals surface area contributed by atoms with Crippen LogP contribution >= 0.6 is 0 Å². The van der Waals surface area contributed by atoms with E-state index in [-0.39, 0.29) is 11.8 Å². The van der Waals surface area contributed by atoms with Crippen LogP contribution in [0.3, 0.4) is 0 Å². The van der Waals surface area contributed by atoms with Gasteiger partial charge in [-0.15, -0.1) is 0 Å². The Balaban J connectivity index is 1.64. The topological polar surface area (TPSA) is 72.3 Å². The maximum atomic E-state index is 12.1. The summed E-state index contributed by atoms with van der Waals surface area (Å²) in [5.74, 6) is 0.479. The number of carbonyl (C=O) groups excluding carboxylic acids is 1.